The molecule has 7 heteroatoms. The number of hydrogen-bond acceptors (Lipinski definition) is 4. The average molecular weight is 336 g/mol. The maximum absolute atomic E-state index is 12.7. The summed E-state index contributed by atoms with van der Waals surface area (Å²) < 4.78 is 3.52. The molecule has 0 saturated carbocycles. The quantitative estimate of drug-likeness (QED) is 0.758. The van der Waals surface area contributed by atoms with Crippen LogP contribution in [-0.2, 0) is 11.8 Å². The summed E-state index contributed by atoms with van der Waals surface area (Å²) in [4.78, 5) is 12.7. The smallest absolute Gasteiger partial charge is 0.229 e. The fourth-order valence-electron chi connectivity index (χ4n) is 3.28. The number of nitrogens with zero attached hydrogens (tertiary/aromatic N) is 4. The van der Waals surface area contributed by atoms with E-state index in [2.05, 4.69) is 20.8 Å². The van der Waals surface area contributed by atoms with E-state index in [1.54, 1.807) is 15.6 Å². The summed E-state index contributed by atoms with van der Waals surface area (Å²) in [5.41, 5.74) is 2.75. The Morgan fingerprint density at radius 3 is 2.76 bits per heavy atom. The van der Waals surface area contributed by atoms with Gasteiger partial charge in [-0.3, -0.25) is 9.48 Å². The lowest BCUT2D eigenvalue weighted by molar-refractivity contribution is -0.119. The Labute approximate surface area is 145 Å². The number of para-hydroxylation sites is 1. The third-order valence-electron chi connectivity index (χ3n) is 4.57. The van der Waals surface area contributed by atoms with Crippen LogP contribution in [-0.4, -0.2) is 38.6 Å². The van der Waals surface area contributed by atoms with Crippen LogP contribution in [0.15, 0.2) is 55.1 Å². The second-order valence-electron chi connectivity index (χ2n) is 6.32. The minimum Gasteiger partial charge on any atom is -0.323 e. The minimum atomic E-state index is -0.121. The van der Waals surface area contributed by atoms with Crippen LogP contribution in [0.25, 0.3) is 5.69 Å². The molecule has 25 heavy (non-hydrogen) atoms. The number of rotatable bonds is 4. The lowest BCUT2D eigenvalue weighted by Crippen LogP contribution is -2.27. The molecule has 2 atom stereocenters. The molecule has 1 fully saturated rings. The van der Waals surface area contributed by atoms with Crippen molar-refractivity contribution in [2.45, 2.75) is 5.92 Å². The van der Waals surface area contributed by atoms with Gasteiger partial charge in [0.25, 0.3) is 0 Å². The SMILES string of the molecule is Cn1cc([C@H]2CNC[C@@H]2C(=O)Nc2cnn(-c3ccccc3)c2)cn1. The third kappa shape index (κ3) is 3.18. The molecule has 1 amide bonds. The molecule has 1 saturated heterocycles. The second-order valence-corrected chi connectivity index (χ2v) is 6.32. The standard InChI is InChI=1S/C18H20N6O/c1-23-11-13(7-20-23)16-9-19-10-17(16)18(25)22-14-8-21-24(12-14)15-5-3-2-4-6-15/h2-8,11-12,16-17,19H,9-10H2,1H3,(H,22,25)/t16-,17+/m1/s1. The van der Waals surface area contributed by atoms with E-state index < -0.39 is 0 Å². The van der Waals surface area contributed by atoms with Crippen LogP contribution in [0.2, 0.25) is 0 Å². The first-order chi connectivity index (χ1) is 12.2. The molecule has 0 aliphatic carbocycles. The zero-order chi connectivity index (χ0) is 17.2. The predicted octanol–water partition coefficient (Wildman–Crippen LogP) is 1.55. The van der Waals surface area contributed by atoms with Gasteiger partial charge in [-0.05, 0) is 17.7 Å². The molecule has 3 heterocycles. The van der Waals surface area contributed by atoms with Crippen molar-refractivity contribution in [2.75, 3.05) is 18.4 Å². The Hall–Kier alpha value is -2.93. The second kappa shape index (κ2) is 6.52. The molecule has 3 aromatic rings. The molecule has 0 radical (unpaired) electrons. The highest BCUT2D eigenvalue weighted by atomic mass is 16.2. The lowest BCUT2D eigenvalue weighted by atomic mass is 9.90. The summed E-state index contributed by atoms with van der Waals surface area (Å²) in [6.45, 7) is 1.45. The molecular weight excluding hydrogens is 316 g/mol. The van der Waals surface area contributed by atoms with Crippen molar-refractivity contribution >= 4 is 11.6 Å². The summed E-state index contributed by atoms with van der Waals surface area (Å²) in [5, 5.41) is 14.8. The average Bonchev–Trinajstić information content (AvgIpc) is 3.35. The molecule has 7 nitrogen and oxygen atoms in total. The summed E-state index contributed by atoms with van der Waals surface area (Å²) in [5.74, 6) is 0.0219. The van der Waals surface area contributed by atoms with Gasteiger partial charge in [-0.1, -0.05) is 18.2 Å². The van der Waals surface area contributed by atoms with Crippen LogP contribution in [0.5, 0.6) is 0 Å². The molecule has 1 aromatic carbocycles. The van der Waals surface area contributed by atoms with Gasteiger partial charge in [-0.25, -0.2) is 4.68 Å². The van der Waals surface area contributed by atoms with Crippen LogP contribution >= 0.6 is 0 Å². The van der Waals surface area contributed by atoms with Crippen molar-refractivity contribution in [3.8, 4) is 5.69 Å². The van der Waals surface area contributed by atoms with Crippen LogP contribution in [0.1, 0.15) is 11.5 Å². The van der Waals surface area contributed by atoms with E-state index in [4.69, 9.17) is 0 Å². The molecule has 0 unspecified atom stereocenters. The molecule has 4 rings (SSSR count). The summed E-state index contributed by atoms with van der Waals surface area (Å²) in [6.07, 6.45) is 7.32. The zero-order valence-corrected chi connectivity index (χ0v) is 14.0. The van der Waals surface area contributed by atoms with Gasteiger partial charge in [-0.2, -0.15) is 10.2 Å². The summed E-state index contributed by atoms with van der Waals surface area (Å²) in [7, 11) is 1.89. The highest BCUT2D eigenvalue weighted by molar-refractivity contribution is 5.93. The number of carbonyl (C=O) groups excluding carboxylic acids is 1. The molecule has 0 spiro atoms. The molecule has 2 aromatic heterocycles. The first kappa shape index (κ1) is 15.6. The predicted molar refractivity (Wildman–Crippen MR) is 94.5 cm³/mol. The van der Waals surface area contributed by atoms with E-state index in [1.807, 2.05) is 56.0 Å². The van der Waals surface area contributed by atoms with Crippen molar-refractivity contribution in [3.05, 3.63) is 60.7 Å². The maximum Gasteiger partial charge on any atom is 0.229 e. The van der Waals surface area contributed by atoms with Gasteiger partial charge < -0.3 is 10.6 Å². The normalized spacial score (nSPS) is 19.9. The van der Waals surface area contributed by atoms with Gasteiger partial charge in [0.15, 0.2) is 0 Å². The van der Waals surface area contributed by atoms with Gasteiger partial charge >= 0.3 is 0 Å². The van der Waals surface area contributed by atoms with E-state index >= 15 is 0 Å². The number of hydrogen-bond donors (Lipinski definition) is 2. The van der Waals surface area contributed by atoms with Crippen molar-refractivity contribution < 1.29 is 4.79 Å². The number of aryl methyl sites for hydroxylation is 1. The minimum absolute atomic E-state index is 0.00599. The maximum atomic E-state index is 12.7. The monoisotopic (exact) mass is 336 g/mol. The van der Waals surface area contributed by atoms with Gasteiger partial charge in [0.1, 0.15) is 0 Å². The molecule has 0 bridgehead atoms. The Kier molecular flexibility index (Phi) is 4.07. The van der Waals surface area contributed by atoms with Crippen LogP contribution in [0.4, 0.5) is 5.69 Å². The van der Waals surface area contributed by atoms with Gasteiger partial charge in [0.2, 0.25) is 5.91 Å². The van der Waals surface area contributed by atoms with E-state index in [0.29, 0.717) is 12.2 Å². The fraction of sp³-hybridized carbons (Fsp3) is 0.278. The summed E-state index contributed by atoms with van der Waals surface area (Å²) >= 11 is 0. The van der Waals surface area contributed by atoms with Crippen LogP contribution < -0.4 is 10.6 Å². The molecule has 1 aliphatic heterocycles. The number of benzene rings is 1. The van der Waals surface area contributed by atoms with Gasteiger partial charge in [0, 0.05) is 32.3 Å². The largest absolute Gasteiger partial charge is 0.323 e. The fourth-order valence-corrected chi connectivity index (χ4v) is 3.28. The van der Waals surface area contributed by atoms with Crippen LogP contribution in [0.3, 0.4) is 0 Å². The number of nitrogens with one attached hydrogen (secondary N) is 2. The van der Waals surface area contributed by atoms with E-state index in [1.165, 1.54) is 0 Å². The molecule has 2 N–H and O–H groups in total. The molecule has 1 aliphatic rings. The van der Waals surface area contributed by atoms with Crippen molar-refractivity contribution in [1.82, 2.24) is 24.9 Å². The number of carbonyl (C=O) groups is 1. The van der Waals surface area contributed by atoms with Crippen molar-refractivity contribution in [2.24, 2.45) is 13.0 Å². The molecular formula is C18H20N6O. The Morgan fingerprint density at radius 1 is 1.16 bits per heavy atom. The highest BCUT2D eigenvalue weighted by Gasteiger charge is 2.34. The Morgan fingerprint density at radius 2 is 2.00 bits per heavy atom. The van der Waals surface area contributed by atoms with Crippen molar-refractivity contribution in [3.63, 3.8) is 0 Å². The number of anilines is 1. The van der Waals surface area contributed by atoms with Gasteiger partial charge in [-0.15, -0.1) is 0 Å². The number of amides is 1. The Balaban J connectivity index is 1.47. The summed E-state index contributed by atoms with van der Waals surface area (Å²) in [6, 6.07) is 9.81. The third-order valence-corrected chi connectivity index (χ3v) is 4.57. The topological polar surface area (TPSA) is 76.8 Å². The number of aromatic nitrogens is 4. The Bertz CT molecular complexity index is 869. The van der Waals surface area contributed by atoms with E-state index in [9.17, 15) is 4.79 Å². The van der Waals surface area contributed by atoms with Gasteiger partial charge in [0.05, 0.1) is 35.9 Å². The first-order valence-corrected chi connectivity index (χ1v) is 8.31. The highest BCUT2D eigenvalue weighted by Crippen LogP contribution is 2.28. The zero-order valence-electron chi connectivity index (χ0n) is 14.0. The van der Waals surface area contributed by atoms with E-state index in [0.717, 1.165) is 17.8 Å². The molecule has 128 valence electrons. The van der Waals surface area contributed by atoms with Crippen LogP contribution in [0, 0.1) is 5.92 Å². The lowest BCUT2D eigenvalue weighted by Gasteiger charge is -2.16. The first-order valence-electron chi connectivity index (χ1n) is 8.31. The van der Waals surface area contributed by atoms with E-state index in [-0.39, 0.29) is 17.7 Å². The van der Waals surface area contributed by atoms with Crippen molar-refractivity contribution in [1.29, 1.82) is 0 Å².